The zero-order valence-electron chi connectivity index (χ0n) is 12.9. The summed E-state index contributed by atoms with van der Waals surface area (Å²) in [4.78, 5) is 5.39. The molecule has 0 unspecified atom stereocenters. The monoisotopic (exact) mass is 282 g/mol. The summed E-state index contributed by atoms with van der Waals surface area (Å²) in [6, 6.07) is 17.8. The second-order valence-corrected chi connectivity index (χ2v) is 4.40. The molecule has 0 atom stereocenters. The molecule has 3 nitrogen and oxygen atoms in total. The Morgan fingerprint density at radius 1 is 0.952 bits per heavy atom. The van der Waals surface area contributed by atoms with Crippen molar-refractivity contribution in [2.45, 2.75) is 33.9 Å². The SMILES string of the molecule is CC.Cc1ccc(CNOCc2ccc(C#N)cc2)cc1. The van der Waals surface area contributed by atoms with Gasteiger partial charge in [0.05, 0.1) is 18.2 Å². The topological polar surface area (TPSA) is 45.0 Å². The number of hydroxylamine groups is 1. The molecule has 1 N–H and O–H groups in total. The van der Waals surface area contributed by atoms with Crippen molar-refractivity contribution in [3.05, 3.63) is 70.8 Å². The second kappa shape index (κ2) is 9.71. The van der Waals surface area contributed by atoms with E-state index in [2.05, 4.69) is 42.7 Å². The highest BCUT2D eigenvalue weighted by molar-refractivity contribution is 5.31. The van der Waals surface area contributed by atoms with E-state index in [9.17, 15) is 0 Å². The minimum atomic E-state index is 0.484. The number of aryl methyl sites for hydroxylation is 1. The number of hydrogen-bond donors (Lipinski definition) is 1. The Balaban J connectivity index is 0.00000106. The molecular weight excluding hydrogens is 260 g/mol. The number of benzene rings is 2. The molecule has 0 aliphatic carbocycles. The number of nitrogens with one attached hydrogen (secondary N) is 1. The molecule has 0 heterocycles. The highest BCUT2D eigenvalue weighted by Gasteiger charge is 1.95. The standard InChI is InChI=1S/C16H16N2O.C2H6/c1-13-2-4-15(5-3-13)11-18-19-12-16-8-6-14(10-17)7-9-16;1-2/h2-9,18H,11-12H2,1H3;1-2H3. The molecule has 2 aromatic carbocycles. The van der Waals surface area contributed by atoms with Gasteiger partial charge in [-0.15, -0.1) is 0 Å². The maximum Gasteiger partial charge on any atom is 0.0991 e. The number of hydrogen-bond acceptors (Lipinski definition) is 3. The van der Waals surface area contributed by atoms with Crippen LogP contribution in [-0.2, 0) is 18.0 Å². The van der Waals surface area contributed by atoms with Crippen molar-refractivity contribution in [2.24, 2.45) is 0 Å². The maximum absolute atomic E-state index is 8.69. The first-order valence-corrected chi connectivity index (χ1v) is 7.17. The molecule has 0 radical (unpaired) electrons. The molecule has 0 aliphatic heterocycles. The van der Waals surface area contributed by atoms with Gasteiger partial charge in [0, 0.05) is 6.54 Å². The van der Waals surface area contributed by atoms with E-state index in [0.29, 0.717) is 18.7 Å². The molecule has 0 amide bonds. The van der Waals surface area contributed by atoms with Crippen LogP contribution < -0.4 is 5.48 Å². The van der Waals surface area contributed by atoms with E-state index >= 15 is 0 Å². The fourth-order valence-corrected chi connectivity index (χ4v) is 1.65. The molecule has 0 saturated heterocycles. The summed E-state index contributed by atoms with van der Waals surface area (Å²) >= 11 is 0. The normalized spacial score (nSPS) is 9.43. The Bertz CT molecular complexity index is 553. The summed E-state index contributed by atoms with van der Waals surface area (Å²) in [5.41, 5.74) is 7.07. The van der Waals surface area contributed by atoms with Crippen LogP contribution in [0, 0.1) is 18.3 Å². The second-order valence-electron chi connectivity index (χ2n) is 4.40. The zero-order valence-corrected chi connectivity index (χ0v) is 12.9. The fourth-order valence-electron chi connectivity index (χ4n) is 1.65. The lowest BCUT2D eigenvalue weighted by atomic mass is 10.1. The largest absolute Gasteiger partial charge is 0.297 e. The molecular formula is C18H22N2O. The van der Waals surface area contributed by atoms with Crippen LogP contribution in [0.4, 0.5) is 0 Å². The quantitative estimate of drug-likeness (QED) is 0.663. The summed E-state index contributed by atoms with van der Waals surface area (Å²) in [6.07, 6.45) is 0. The van der Waals surface area contributed by atoms with Gasteiger partial charge in [0.25, 0.3) is 0 Å². The smallest absolute Gasteiger partial charge is 0.0991 e. The Kier molecular flexibility index (Phi) is 7.81. The maximum atomic E-state index is 8.69. The molecule has 0 spiro atoms. The summed E-state index contributed by atoms with van der Waals surface area (Å²) in [5, 5.41) is 8.69. The molecule has 0 aromatic heterocycles. The van der Waals surface area contributed by atoms with Crippen LogP contribution in [0.2, 0.25) is 0 Å². The first-order chi connectivity index (χ1) is 10.3. The van der Waals surface area contributed by atoms with E-state index < -0.39 is 0 Å². The van der Waals surface area contributed by atoms with E-state index in [1.807, 2.05) is 26.0 Å². The predicted molar refractivity (Wildman–Crippen MR) is 85.3 cm³/mol. The number of rotatable bonds is 5. The van der Waals surface area contributed by atoms with E-state index in [0.717, 1.165) is 5.56 Å². The minimum absolute atomic E-state index is 0.484. The fraction of sp³-hybridized carbons (Fsp3) is 0.278. The lowest BCUT2D eigenvalue weighted by molar-refractivity contribution is 0.0235. The van der Waals surface area contributed by atoms with Gasteiger partial charge < -0.3 is 0 Å². The molecule has 21 heavy (non-hydrogen) atoms. The van der Waals surface area contributed by atoms with Gasteiger partial charge in [-0.2, -0.15) is 10.7 Å². The lowest BCUT2D eigenvalue weighted by Crippen LogP contribution is -2.13. The molecule has 0 fully saturated rings. The van der Waals surface area contributed by atoms with E-state index in [4.69, 9.17) is 10.1 Å². The van der Waals surface area contributed by atoms with Crippen LogP contribution >= 0.6 is 0 Å². The van der Waals surface area contributed by atoms with Crippen molar-refractivity contribution in [3.8, 4) is 6.07 Å². The van der Waals surface area contributed by atoms with Crippen molar-refractivity contribution >= 4 is 0 Å². The molecule has 110 valence electrons. The third-order valence-corrected chi connectivity index (χ3v) is 2.82. The van der Waals surface area contributed by atoms with Crippen LogP contribution in [0.5, 0.6) is 0 Å². The summed E-state index contributed by atoms with van der Waals surface area (Å²) < 4.78 is 0. The Labute approximate surface area is 127 Å². The Morgan fingerprint density at radius 2 is 1.52 bits per heavy atom. The Hall–Kier alpha value is -2.15. The van der Waals surface area contributed by atoms with E-state index in [1.165, 1.54) is 11.1 Å². The number of nitrogens with zero attached hydrogens (tertiary/aromatic N) is 1. The van der Waals surface area contributed by atoms with Crippen LogP contribution in [0.1, 0.15) is 36.1 Å². The van der Waals surface area contributed by atoms with Crippen molar-refractivity contribution in [1.82, 2.24) is 5.48 Å². The van der Waals surface area contributed by atoms with E-state index in [1.54, 1.807) is 12.1 Å². The van der Waals surface area contributed by atoms with Crippen molar-refractivity contribution in [3.63, 3.8) is 0 Å². The van der Waals surface area contributed by atoms with Gasteiger partial charge in [-0.3, -0.25) is 4.84 Å². The van der Waals surface area contributed by atoms with Gasteiger partial charge in [0.1, 0.15) is 0 Å². The minimum Gasteiger partial charge on any atom is -0.297 e. The van der Waals surface area contributed by atoms with Crippen LogP contribution in [0.25, 0.3) is 0 Å². The summed E-state index contributed by atoms with van der Waals surface area (Å²) in [6.45, 7) is 7.23. The Morgan fingerprint density at radius 3 is 2.10 bits per heavy atom. The van der Waals surface area contributed by atoms with Gasteiger partial charge in [-0.25, -0.2) is 0 Å². The average molecular weight is 282 g/mol. The van der Waals surface area contributed by atoms with Crippen LogP contribution in [0.3, 0.4) is 0 Å². The summed E-state index contributed by atoms with van der Waals surface area (Å²) in [7, 11) is 0. The van der Waals surface area contributed by atoms with Crippen molar-refractivity contribution in [2.75, 3.05) is 0 Å². The average Bonchev–Trinajstić information content (AvgIpc) is 2.56. The first-order valence-electron chi connectivity index (χ1n) is 7.17. The van der Waals surface area contributed by atoms with Gasteiger partial charge in [-0.05, 0) is 30.2 Å². The van der Waals surface area contributed by atoms with Crippen LogP contribution in [-0.4, -0.2) is 0 Å². The molecule has 0 bridgehead atoms. The molecule has 3 heteroatoms. The van der Waals surface area contributed by atoms with Crippen molar-refractivity contribution < 1.29 is 4.84 Å². The van der Waals surface area contributed by atoms with Gasteiger partial charge in [0.2, 0.25) is 0 Å². The van der Waals surface area contributed by atoms with Gasteiger partial charge in [-0.1, -0.05) is 55.8 Å². The van der Waals surface area contributed by atoms with Gasteiger partial charge in [0.15, 0.2) is 0 Å². The van der Waals surface area contributed by atoms with Crippen molar-refractivity contribution in [1.29, 1.82) is 5.26 Å². The van der Waals surface area contributed by atoms with E-state index in [-0.39, 0.29) is 0 Å². The predicted octanol–water partition coefficient (Wildman–Crippen LogP) is 4.11. The number of nitriles is 1. The van der Waals surface area contributed by atoms with Gasteiger partial charge >= 0.3 is 0 Å². The molecule has 2 aromatic rings. The molecule has 0 saturated carbocycles. The zero-order chi connectivity index (χ0) is 15.5. The highest BCUT2D eigenvalue weighted by atomic mass is 16.6. The third-order valence-electron chi connectivity index (χ3n) is 2.82. The molecule has 2 rings (SSSR count). The highest BCUT2D eigenvalue weighted by Crippen LogP contribution is 2.05. The third kappa shape index (κ3) is 6.22. The molecule has 0 aliphatic rings. The summed E-state index contributed by atoms with van der Waals surface area (Å²) in [5.74, 6) is 0. The lowest BCUT2D eigenvalue weighted by Gasteiger charge is -2.06. The first kappa shape index (κ1) is 16.9. The van der Waals surface area contributed by atoms with Crippen LogP contribution in [0.15, 0.2) is 48.5 Å².